The van der Waals surface area contributed by atoms with Crippen LogP contribution in [0.15, 0.2) is 34.7 Å². The smallest absolute Gasteiger partial charge is 0.123 e. The molecule has 0 aliphatic rings. The van der Waals surface area contributed by atoms with Crippen LogP contribution in [0.5, 0.6) is 0 Å². The predicted octanol–water partition coefficient (Wildman–Crippen LogP) is 3.64. The molecule has 0 unspecified atom stereocenters. The van der Waals surface area contributed by atoms with E-state index >= 15 is 0 Å². The summed E-state index contributed by atoms with van der Waals surface area (Å²) in [5.74, 6) is 2.03. The summed E-state index contributed by atoms with van der Waals surface area (Å²) in [4.78, 5) is 2.21. The van der Waals surface area contributed by atoms with Gasteiger partial charge in [-0.1, -0.05) is 19.1 Å². The van der Waals surface area contributed by atoms with Crippen LogP contribution >= 0.6 is 0 Å². The lowest BCUT2D eigenvalue weighted by molar-refractivity contribution is 0.478. The summed E-state index contributed by atoms with van der Waals surface area (Å²) in [5, 5.41) is 3.34. The van der Waals surface area contributed by atoms with E-state index in [1.807, 2.05) is 6.92 Å². The molecule has 108 valence electrons. The van der Waals surface area contributed by atoms with Crippen LogP contribution in [0.3, 0.4) is 0 Å². The lowest BCUT2D eigenvalue weighted by Gasteiger charge is -2.18. The molecule has 0 saturated carbocycles. The number of rotatable bonds is 6. The molecule has 0 fully saturated rings. The highest BCUT2D eigenvalue weighted by atomic mass is 16.3. The second kappa shape index (κ2) is 6.62. The predicted molar refractivity (Wildman–Crippen MR) is 84.1 cm³/mol. The Kier molecular flexibility index (Phi) is 4.85. The number of hydrogen-bond acceptors (Lipinski definition) is 3. The van der Waals surface area contributed by atoms with Gasteiger partial charge in [0.1, 0.15) is 11.5 Å². The van der Waals surface area contributed by atoms with E-state index < -0.39 is 0 Å². The number of furan rings is 1. The maximum atomic E-state index is 5.85. The van der Waals surface area contributed by atoms with Crippen LogP contribution in [-0.2, 0) is 13.1 Å². The van der Waals surface area contributed by atoms with Crippen molar-refractivity contribution in [2.24, 2.45) is 0 Å². The van der Waals surface area contributed by atoms with Crippen molar-refractivity contribution in [1.29, 1.82) is 0 Å². The molecular formula is C17H24N2O. The van der Waals surface area contributed by atoms with E-state index in [4.69, 9.17) is 4.42 Å². The summed E-state index contributed by atoms with van der Waals surface area (Å²) in [6, 6.07) is 10.7. The monoisotopic (exact) mass is 272 g/mol. The Morgan fingerprint density at radius 2 is 2.00 bits per heavy atom. The maximum Gasteiger partial charge on any atom is 0.123 e. The average Bonchev–Trinajstić information content (AvgIpc) is 2.76. The molecule has 1 N–H and O–H groups in total. The van der Waals surface area contributed by atoms with E-state index in [2.05, 4.69) is 61.4 Å². The van der Waals surface area contributed by atoms with Crippen LogP contribution < -0.4 is 10.2 Å². The van der Waals surface area contributed by atoms with Gasteiger partial charge in [-0.2, -0.15) is 0 Å². The van der Waals surface area contributed by atoms with Gasteiger partial charge in [0.25, 0.3) is 0 Å². The van der Waals surface area contributed by atoms with Gasteiger partial charge in [-0.15, -0.1) is 0 Å². The first-order valence-corrected chi connectivity index (χ1v) is 7.17. The molecule has 2 aromatic rings. The summed E-state index contributed by atoms with van der Waals surface area (Å²) in [5.41, 5.74) is 3.74. The van der Waals surface area contributed by atoms with Crippen LogP contribution in [0.2, 0.25) is 0 Å². The number of anilines is 1. The summed E-state index contributed by atoms with van der Waals surface area (Å²) < 4.78 is 5.85. The first-order valence-electron chi connectivity index (χ1n) is 7.17. The molecular weight excluding hydrogens is 248 g/mol. The zero-order valence-electron chi connectivity index (χ0n) is 12.9. The highest BCUT2D eigenvalue weighted by molar-refractivity contribution is 5.47. The SMILES string of the molecule is CCNCc1cc(CN(C)c2cccc(C)c2)oc1C. The number of hydrogen-bond donors (Lipinski definition) is 1. The summed E-state index contributed by atoms with van der Waals surface area (Å²) in [6.07, 6.45) is 0. The Bertz CT molecular complexity index is 560. The van der Waals surface area contributed by atoms with Gasteiger partial charge in [0.05, 0.1) is 6.54 Å². The summed E-state index contributed by atoms with van der Waals surface area (Å²) in [6.45, 7) is 8.90. The fourth-order valence-corrected chi connectivity index (χ4v) is 2.29. The third kappa shape index (κ3) is 3.64. The van der Waals surface area contributed by atoms with Crippen molar-refractivity contribution in [1.82, 2.24) is 5.32 Å². The molecule has 3 nitrogen and oxygen atoms in total. The second-order valence-corrected chi connectivity index (χ2v) is 5.27. The summed E-state index contributed by atoms with van der Waals surface area (Å²) in [7, 11) is 2.09. The van der Waals surface area contributed by atoms with Gasteiger partial charge >= 0.3 is 0 Å². The normalized spacial score (nSPS) is 10.8. The number of nitrogens with one attached hydrogen (secondary N) is 1. The highest BCUT2D eigenvalue weighted by Gasteiger charge is 2.09. The van der Waals surface area contributed by atoms with Gasteiger partial charge < -0.3 is 14.6 Å². The van der Waals surface area contributed by atoms with Crippen molar-refractivity contribution < 1.29 is 4.42 Å². The Morgan fingerprint density at radius 3 is 2.70 bits per heavy atom. The quantitative estimate of drug-likeness (QED) is 0.870. The minimum absolute atomic E-state index is 0.788. The van der Waals surface area contributed by atoms with E-state index in [9.17, 15) is 0 Å². The van der Waals surface area contributed by atoms with Crippen LogP contribution in [-0.4, -0.2) is 13.6 Å². The van der Waals surface area contributed by atoms with Gasteiger partial charge in [-0.25, -0.2) is 0 Å². The molecule has 20 heavy (non-hydrogen) atoms. The van der Waals surface area contributed by atoms with Crippen LogP contribution in [0, 0.1) is 13.8 Å². The number of aryl methyl sites for hydroxylation is 2. The van der Waals surface area contributed by atoms with Crippen molar-refractivity contribution in [2.75, 3.05) is 18.5 Å². The molecule has 0 saturated heterocycles. The molecule has 3 heteroatoms. The fourth-order valence-electron chi connectivity index (χ4n) is 2.29. The van der Waals surface area contributed by atoms with Crippen molar-refractivity contribution in [3.63, 3.8) is 0 Å². The third-order valence-electron chi connectivity index (χ3n) is 3.47. The molecule has 0 aliphatic carbocycles. The van der Waals surface area contributed by atoms with Crippen molar-refractivity contribution in [3.8, 4) is 0 Å². The van der Waals surface area contributed by atoms with E-state index in [1.165, 1.54) is 16.8 Å². The Labute approximate surface area is 121 Å². The van der Waals surface area contributed by atoms with Gasteiger partial charge in [0.15, 0.2) is 0 Å². The van der Waals surface area contributed by atoms with E-state index in [0.717, 1.165) is 31.2 Å². The molecule has 0 radical (unpaired) electrons. The van der Waals surface area contributed by atoms with Crippen molar-refractivity contribution >= 4 is 5.69 Å². The Hall–Kier alpha value is -1.74. The molecule has 0 aliphatic heterocycles. The van der Waals surface area contributed by atoms with E-state index in [-0.39, 0.29) is 0 Å². The lowest BCUT2D eigenvalue weighted by Crippen LogP contribution is -2.16. The first kappa shape index (κ1) is 14.7. The molecule has 1 aromatic heterocycles. The zero-order chi connectivity index (χ0) is 14.5. The third-order valence-corrected chi connectivity index (χ3v) is 3.47. The minimum atomic E-state index is 0.788. The molecule has 2 rings (SSSR count). The molecule has 1 heterocycles. The maximum absolute atomic E-state index is 5.85. The van der Waals surface area contributed by atoms with Gasteiger partial charge in [-0.05, 0) is 44.2 Å². The standard InChI is InChI=1S/C17H24N2O/c1-5-18-11-15-10-17(20-14(15)3)12-19(4)16-8-6-7-13(2)9-16/h6-10,18H,5,11-12H2,1-4H3. The van der Waals surface area contributed by atoms with Gasteiger partial charge in [0.2, 0.25) is 0 Å². The minimum Gasteiger partial charge on any atom is -0.464 e. The van der Waals surface area contributed by atoms with E-state index in [1.54, 1.807) is 0 Å². The second-order valence-electron chi connectivity index (χ2n) is 5.27. The highest BCUT2D eigenvalue weighted by Crippen LogP contribution is 2.20. The Balaban J connectivity index is 2.06. The topological polar surface area (TPSA) is 28.4 Å². The van der Waals surface area contributed by atoms with Crippen LogP contribution in [0.1, 0.15) is 29.6 Å². The lowest BCUT2D eigenvalue weighted by atomic mass is 10.2. The van der Waals surface area contributed by atoms with Crippen molar-refractivity contribution in [2.45, 2.75) is 33.9 Å². The molecule has 0 amide bonds. The fraction of sp³-hybridized carbons (Fsp3) is 0.412. The molecule has 1 aromatic carbocycles. The molecule has 0 atom stereocenters. The largest absolute Gasteiger partial charge is 0.464 e. The first-order chi connectivity index (χ1) is 9.60. The van der Waals surface area contributed by atoms with Crippen molar-refractivity contribution in [3.05, 3.63) is 53.0 Å². The molecule has 0 spiro atoms. The molecule has 0 bridgehead atoms. The van der Waals surface area contributed by atoms with E-state index in [0.29, 0.717) is 0 Å². The number of nitrogens with zero attached hydrogens (tertiary/aromatic N) is 1. The number of benzene rings is 1. The van der Waals surface area contributed by atoms with Gasteiger partial charge in [-0.3, -0.25) is 0 Å². The van der Waals surface area contributed by atoms with Gasteiger partial charge in [0, 0.05) is 24.8 Å². The Morgan fingerprint density at radius 1 is 1.20 bits per heavy atom. The zero-order valence-corrected chi connectivity index (χ0v) is 12.9. The van der Waals surface area contributed by atoms with Crippen LogP contribution in [0.25, 0.3) is 0 Å². The average molecular weight is 272 g/mol. The summed E-state index contributed by atoms with van der Waals surface area (Å²) >= 11 is 0. The van der Waals surface area contributed by atoms with Crippen LogP contribution in [0.4, 0.5) is 5.69 Å².